The van der Waals surface area contributed by atoms with Gasteiger partial charge in [-0.05, 0) is 62.0 Å². The van der Waals surface area contributed by atoms with Crippen LogP contribution in [0.4, 0.5) is 0 Å². The first kappa shape index (κ1) is 20.4. The number of pyridine rings is 1. The Balaban J connectivity index is 1.71. The Morgan fingerprint density at radius 3 is 2.48 bits per heavy atom. The fourth-order valence-electron chi connectivity index (χ4n) is 3.19. The number of aromatic nitrogens is 2. The standard InChI is InChI=1S/C20H20ClN3O3S2/c1-29(25,26)16-5-2-13(3-6-16)18-20(28-17-7-4-15(21)12-23-17)27-19(24-18)14-8-10-22-11-9-14/h2-7,12,14,22H,8-11H2,1H3. The molecule has 0 aliphatic carbocycles. The molecule has 1 N–H and O–H groups in total. The first-order chi connectivity index (χ1) is 13.9. The fourth-order valence-corrected chi connectivity index (χ4v) is 4.76. The van der Waals surface area contributed by atoms with Gasteiger partial charge in [-0.3, -0.25) is 0 Å². The fraction of sp³-hybridized carbons (Fsp3) is 0.300. The zero-order valence-electron chi connectivity index (χ0n) is 15.8. The van der Waals surface area contributed by atoms with Crippen LogP contribution in [-0.2, 0) is 9.84 Å². The van der Waals surface area contributed by atoms with Gasteiger partial charge in [-0.25, -0.2) is 18.4 Å². The highest BCUT2D eigenvalue weighted by atomic mass is 35.5. The Morgan fingerprint density at radius 2 is 1.86 bits per heavy atom. The van der Waals surface area contributed by atoms with Gasteiger partial charge >= 0.3 is 0 Å². The number of oxazole rings is 1. The lowest BCUT2D eigenvalue weighted by Gasteiger charge is -2.19. The number of nitrogens with one attached hydrogen (secondary N) is 1. The Morgan fingerprint density at radius 1 is 1.14 bits per heavy atom. The van der Waals surface area contributed by atoms with Crippen molar-refractivity contribution >= 4 is 33.2 Å². The van der Waals surface area contributed by atoms with Gasteiger partial charge < -0.3 is 9.73 Å². The van der Waals surface area contributed by atoms with Crippen LogP contribution in [-0.4, -0.2) is 37.7 Å². The van der Waals surface area contributed by atoms with Gasteiger partial charge in [0.15, 0.2) is 20.8 Å². The Labute approximate surface area is 179 Å². The maximum atomic E-state index is 11.8. The monoisotopic (exact) mass is 449 g/mol. The quantitative estimate of drug-likeness (QED) is 0.617. The second kappa shape index (κ2) is 8.47. The third kappa shape index (κ3) is 4.83. The molecule has 4 rings (SSSR count). The van der Waals surface area contributed by atoms with E-state index in [1.165, 1.54) is 18.0 Å². The summed E-state index contributed by atoms with van der Waals surface area (Å²) in [4.78, 5) is 9.40. The molecule has 1 aliphatic heterocycles. The number of halogens is 1. The van der Waals surface area contributed by atoms with Crippen molar-refractivity contribution in [3.63, 3.8) is 0 Å². The minimum absolute atomic E-state index is 0.262. The summed E-state index contributed by atoms with van der Waals surface area (Å²) in [6.45, 7) is 1.87. The minimum Gasteiger partial charge on any atom is -0.433 e. The van der Waals surface area contributed by atoms with Gasteiger partial charge in [0.25, 0.3) is 0 Å². The van der Waals surface area contributed by atoms with Crippen LogP contribution in [0.15, 0.2) is 62.0 Å². The van der Waals surface area contributed by atoms with Crippen molar-refractivity contribution in [2.24, 2.45) is 0 Å². The topological polar surface area (TPSA) is 85.1 Å². The molecule has 9 heteroatoms. The highest BCUT2D eigenvalue weighted by Gasteiger charge is 2.24. The SMILES string of the molecule is CS(=O)(=O)c1ccc(-c2nc(C3CCNCC3)oc2Sc2ccc(Cl)cn2)cc1. The molecule has 29 heavy (non-hydrogen) atoms. The second-order valence-electron chi connectivity index (χ2n) is 6.93. The van der Waals surface area contributed by atoms with Crippen LogP contribution >= 0.6 is 23.4 Å². The van der Waals surface area contributed by atoms with Gasteiger partial charge in [0.2, 0.25) is 0 Å². The molecule has 0 atom stereocenters. The minimum atomic E-state index is -3.25. The molecule has 3 heterocycles. The lowest BCUT2D eigenvalue weighted by Crippen LogP contribution is -2.26. The van der Waals surface area contributed by atoms with Crippen molar-refractivity contribution in [2.45, 2.75) is 33.8 Å². The van der Waals surface area contributed by atoms with E-state index in [1.54, 1.807) is 36.5 Å². The summed E-state index contributed by atoms with van der Waals surface area (Å²) in [7, 11) is -3.25. The highest BCUT2D eigenvalue weighted by Crippen LogP contribution is 2.39. The average molecular weight is 450 g/mol. The predicted molar refractivity (Wildman–Crippen MR) is 113 cm³/mol. The highest BCUT2D eigenvalue weighted by molar-refractivity contribution is 7.99. The van der Waals surface area contributed by atoms with Gasteiger partial charge in [0.05, 0.1) is 9.92 Å². The summed E-state index contributed by atoms with van der Waals surface area (Å²) in [5.74, 6) is 0.975. The third-order valence-electron chi connectivity index (χ3n) is 4.75. The van der Waals surface area contributed by atoms with Crippen molar-refractivity contribution in [1.82, 2.24) is 15.3 Å². The first-order valence-corrected chi connectivity index (χ1v) is 12.3. The van der Waals surface area contributed by atoms with E-state index in [9.17, 15) is 8.42 Å². The van der Waals surface area contributed by atoms with Gasteiger partial charge in [0.1, 0.15) is 10.7 Å². The number of hydrogen-bond acceptors (Lipinski definition) is 7. The molecule has 152 valence electrons. The van der Waals surface area contributed by atoms with E-state index < -0.39 is 9.84 Å². The number of nitrogens with zero attached hydrogens (tertiary/aromatic N) is 2. The number of sulfone groups is 1. The lowest BCUT2D eigenvalue weighted by molar-refractivity contribution is 0.345. The second-order valence-corrected chi connectivity index (χ2v) is 10.4. The molecule has 1 fully saturated rings. The maximum Gasteiger partial charge on any atom is 0.199 e. The van der Waals surface area contributed by atoms with E-state index in [1.807, 2.05) is 6.07 Å². The molecule has 0 spiro atoms. The van der Waals surface area contributed by atoms with Crippen LogP contribution in [0.1, 0.15) is 24.7 Å². The molecule has 0 bridgehead atoms. The molecule has 3 aromatic rings. The molecule has 1 aromatic carbocycles. The molecule has 6 nitrogen and oxygen atoms in total. The van der Waals surface area contributed by atoms with E-state index >= 15 is 0 Å². The van der Waals surface area contributed by atoms with Crippen LogP contribution < -0.4 is 5.32 Å². The van der Waals surface area contributed by atoms with Crippen molar-refractivity contribution in [1.29, 1.82) is 0 Å². The molecule has 1 aliphatic rings. The summed E-state index contributed by atoms with van der Waals surface area (Å²) in [5.41, 5.74) is 1.50. The maximum absolute atomic E-state index is 11.8. The van der Waals surface area contributed by atoms with Crippen LogP contribution in [0.25, 0.3) is 11.3 Å². The van der Waals surface area contributed by atoms with E-state index in [2.05, 4.69) is 10.3 Å². The smallest absolute Gasteiger partial charge is 0.199 e. The molecule has 0 saturated carbocycles. The van der Waals surface area contributed by atoms with Crippen molar-refractivity contribution < 1.29 is 12.8 Å². The number of piperidine rings is 1. The molecule has 2 aromatic heterocycles. The van der Waals surface area contributed by atoms with Crippen molar-refractivity contribution in [2.75, 3.05) is 19.3 Å². The molecule has 0 amide bonds. The van der Waals surface area contributed by atoms with Gasteiger partial charge in [-0.2, -0.15) is 0 Å². The van der Waals surface area contributed by atoms with Crippen molar-refractivity contribution in [3.05, 3.63) is 53.5 Å². The molecule has 0 radical (unpaired) electrons. The summed E-state index contributed by atoms with van der Waals surface area (Å²) in [6.07, 6.45) is 4.72. The number of rotatable bonds is 5. The van der Waals surface area contributed by atoms with E-state index in [4.69, 9.17) is 21.0 Å². The Hall–Kier alpha value is -1.87. The van der Waals surface area contributed by atoms with Crippen molar-refractivity contribution in [3.8, 4) is 11.3 Å². The van der Waals surface area contributed by atoms with Crippen LogP contribution in [0.2, 0.25) is 5.02 Å². The van der Waals surface area contributed by atoms with Crippen LogP contribution in [0.3, 0.4) is 0 Å². The van der Waals surface area contributed by atoms with E-state index in [0.717, 1.165) is 36.5 Å². The Bertz CT molecular complexity index is 1090. The molecular weight excluding hydrogens is 430 g/mol. The number of hydrogen-bond donors (Lipinski definition) is 1. The van der Waals surface area contributed by atoms with Crippen LogP contribution in [0.5, 0.6) is 0 Å². The normalized spacial score (nSPS) is 15.5. The summed E-state index contributed by atoms with van der Waals surface area (Å²) in [6, 6.07) is 10.3. The van der Waals surface area contributed by atoms with Gasteiger partial charge in [0, 0.05) is 23.9 Å². The third-order valence-corrected chi connectivity index (χ3v) is 7.02. The molecule has 1 saturated heterocycles. The molecule has 0 unspecified atom stereocenters. The van der Waals surface area contributed by atoms with E-state index in [-0.39, 0.29) is 10.8 Å². The number of benzene rings is 1. The first-order valence-electron chi connectivity index (χ1n) is 9.21. The zero-order valence-corrected chi connectivity index (χ0v) is 18.1. The largest absolute Gasteiger partial charge is 0.433 e. The summed E-state index contributed by atoms with van der Waals surface area (Å²) >= 11 is 7.32. The van der Waals surface area contributed by atoms with Gasteiger partial charge in [-0.1, -0.05) is 23.7 Å². The lowest BCUT2D eigenvalue weighted by atomic mass is 9.98. The summed E-state index contributed by atoms with van der Waals surface area (Å²) < 4.78 is 29.7. The average Bonchev–Trinajstić information content (AvgIpc) is 3.14. The zero-order chi connectivity index (χ0) is 20.4. The predicted octanol–water partition coefficient (Wildman–Crippen LogP) is 4.41. The van der Waals surface area contributed by atoms with Gasteiger partial charge in [-0.15, -0.1) is 0 Å². The van der Waals surface area contributed by atoms with E-state index in [0.29, 0.717) is 21.7 Å². The molecular formula is C20H20ClN3O3S2. The Kier molecular flexibility index (Phi) is 5.96. The summed E-state index contributed by atoms with van der Waals surface area (Å²) in [5, 5.41) is 5.30. The van der Waals surface area contributed by atoms with Crippen LogP contribution in [0, 0.1) is 0 Å².